The van der Waals surface area contributed by atoms with Crippen molar-refractivity contribution in [2.45, 2.75) is 11.8 Å². The third-order valence-electron chi connectivity index (χ3n) is 2.86. The van der Waals surface area contributed by atoms with Crippen LogP contribution in [0.4, 0.5) is 11.4 Å². The van der Waals surface area contributed by atoms with Crippen molar-refractivity contribution in [3.63, 3.8) is 0 Å². The highest BCUT2D eigenvalue weighted by molar-refractivity contribution is 9.10. The molecule has 2 aromatic rings. The van der Waals surface area contributed by atoms with Crippen molar-refractivity contribution in [2.75, 3.05) is 17.6 Å². The standard InChI is InChI=1S/C14H15BrN2O3S/c1-9-3-5-11(6-4-9)21(18,19)17-14-12(15)7-10(16)8-13(14)20-2/h3-8,17H,16H2,1-2H3. The molecule has 0 atom stereocenters. The van der Waals surface area contributed by atoms with E-state index in [1.807, 2.05) is 6.92 Å². The van der Waals surface area contributed by atoms with E-state index in [4.69, 9.17) is 10.5 Å². The van der Waals surface area contributed by atoms with Gasteiger partial charge in [0, 0.05) is 16.2 Å². The second-order valence-electron chi connectivity index (χ2n) is 4.50. The van der Waals surface area contributed by atoms with Crippen molar-refractivity contribution >= 4 is 37.3 Å². The number of benzene rings is 2. The Labute approximate surface area is 132 Å². The van der Waals surface area contributed by atoms with Gasteiger partial charge in [-0.25, -0.2) is 8.42 Å². The summed E-state index contributed by atoms with van der Waals surface area (Å²) in [6.45, 7) is 1.89. The predicted octanol–water partition coefficient (Wildman–Crippen LogP) is 3.15. The lowest BCUT2D eigenvalue weighted by atomic mass is 10.2. The lowest BCUT2D eigenvalue weighted by molar-refractivity contribution is 0.417. The summed E-state index contributed by atoms with van der Waals surface area (Å²) in [6.07, 6.45) is 0. The number of nitrogens with one attached hydrogen (secondary N) is 1. The first-order valence-electron chi connectivity index (χ1n) is 6.06. The number of sulfonamides is 1. The minimum atomic E-state index is -3.70. The third-order valence-corrected chi connectivity index (χ3v) is 4.86. The number of methoxy groups -OCH3 is 1. The topological polar surface area (TPSA) is 81.4 Å². The number of aryl methyl sites for hydroxylation is 1. The van der Waals surface area contributed by atoms with Crippen LogP contribution in [0.5, 0.6) is 5.75 Å². The molecular formula is C14H15BrN2O3S. The fourth-order valence-electron chi connectivity index (χ4n) is 1.77. The van der Waals surface area contributed by atoms with Crippen molar-refractivity contribution in [3.05, 3.63) is 46.4 Å². The largest absolute Gasteiger partial charge is 0.494 e. The van der Waals surface area contributed by atoms with Gasteiger partial charge in [-0.2, -0.15) is 0 Å². The summed E-state index contributed by atoms with van der Waals surface area (Å²) in [4.78, 5) is 0.180. The molecule has 0 saturated carbocycles. The Morgan fingerprint density at radius 3 is 2.38 bits per heavy atom. The SMILES string of the molecule is COc1cc(N)cc(Br)c1NS(=O)(=O)c1ccc(C)cc1. The van der Waals surface area contributed by atoms with Crippen LogP contribution in [-0.2, 0) is 10.0 Å². The molecule has 0 bridgehead atoms. The average molecular weight is 371 g/mol. The summed E-state index contributed by atoms with van der Waals surface area (Å²) < 4.78 is 33.0. The third kappa shape index (κ3) is 3.48. The minimum Gasteiger partial charge on any atom is -0.494 e. The van der Waals surface area contributed by atoms with Crippen molar-refractivity contribution in [1.82, 2.24) is 0 Å². The maximum absolute atomic E-state index is 12.4. The molecule has 112 valence electrons. The van der Waals surface area contributed by atoms with Gasteiger partial charge in [0.05, 0.1) is 12.0 Å². The molecule has 3 N–H and O–H groups in total. The molecule has 0 unspecified atom stereocenters. The molecule has 0 heterocycles. The number of rotatable bonds is 4. The Hall–Kier alpha value is -1.73. The first-order valence-corrected chi connectivity index (χ1v) is 8.33. The molecule has 2 aromatic carbocycles. The van der Waals surface area contributed by atoms with Crippen molar-refractivity contribution in [1.29, 1.82) is 0 Å². The van der Waals surface area contributed by atoms with E-state index in [1.165, 1.54) is 7.11 Å². The molecule has 0 aromatic heterocycles. The molecule has 21 heavy (non-hydrogen) atoms. The molecule has 7 heteroatoms. The van der Waals surface area contributed by atoms with Crippen LogP contribution < -0.4 is 15.2 Å². The van der Waals surface area contributed by atoms with Gasteiger partial charge in [-0.15, -0.1) is 0 Å². The fourth-order valence-corrected chi connectivity index (χ4v) is 3.55. The van der Waals surface area contributed by atoms with Crippen molar-refractivity contribution in [2.24, 2.45) is 0 Å². The molecule has 0 saturated heterocycles. The Balaban J connectivity index is 2.44. The van der Waals surface area contributed by atoms with Crippen LogP contribution in [-0.4, -0.2) is 15.5 Å². The predicted molar refractivity (Wildman–Crippen MR) is 87.1 cm³/mol. The van der Waals surface area contributed by atoms with E-state index in [2.05, 4.69) is 20.7 Å². The summed E-state index contributed by atoms with van der Waals surface area (Å²) in [7, 11) is -2.25. The van der Waals surface area contributed by atoms with E-state index in [0.29, 0.717) is 21.6 Å². The first kappa shape index (κ1) is 15.7. The fraction of sp³-hybridized carbons (Fsp3) is 0.143. The maximum Gasteiger partial charge on any atom is 0.262 e. The summed E-state index contributed by atoms with van der Waals surface area (Å²) in [6, 6.07) is 9.74. The first-order chi connectivity index (χ1) is 9.83. The van der Waals surface area contributed by atoms with Crippen LogP contribution in [0, 0.1) is 6.92 Å². The van der Waals surface area contributed by atoms with E-state index < -0.39 is 10.0 Å². The monoisotopic (exact) mass is 370 g/mol. The Kier molecular flexibility index (Phi) is 4.43. The van der Waals surface area contributed by atoms with E-state index in [1.54, 1.807) is 36.4 Å². The van der Waals surface area contributed by atoms with Crippen LogP contribution in [0.25, 0.3) is 0 Å². The van der Waals surface area contributed by atoms with Crippen LogP contribution in [0.15, 0.2) is 45.8 Å². The smallest absolute Gasteiger partial charge is 0.262 e. The minimum absolute atomic E-state index is 0.180. The van der Waals surface area contributed by atoms with Gasteiger partial charge in [0.15, 0.2) is 0 Å². The number of anilines is 2. The second-order valence-corrected chi connectivity index (χ2v) is 7.04. The quantitative estimate of drug-likeness (QED) is 0.809. The van der Waals surface area contributed by atoms with E-state index in [9.17, 15) is 8.42 Å². The van der Waals surface area contributed by atoms with Gasteiger partial charge in [-0.3, -0.25) is 4.72 Å². The summed E-state index contributed by atoms with van der Waals surface area (Å²) >= 11 is 3.29. The molecule has 0 aliphatic heterocycles. The molecule has 0 aliphatic carbocycles. The molecule has 0 fully saturated rings. The van der Waals surface area contributed by atoms with Gasteiger partial charge in [-0.1, -0.05) is 17.7 Å². The zero-order chi connectivity index (χ0) is 15.6. The maximum atomic E-state index is 12.4. The van der Waals surface area contributed by atoms with Crippen LogP contribution in [0.1, 0.15) is 5.56 Å². The molecular weight excluding hydrogens is 356 g/mol. The number of halogens is 1. The highest BCUT2D eigenvalue weighted by Crippen LogP contribution is 2.36. The Morgan fingerprint density at radius 2 is 1.81 bits per heavy atom. The summed E-state index contributed by atoms with van der Waals surface area (Å²) in [5.74, 6) is 0.345. The van der Waals surface area contributed by atoms with Crippen molar-refractivity contribution in [3.8, 4) is 5.75 Å². The second kappa shape index (κ2) is 5.95. The summed E-state index contributed by atoms with van der Waals surface area (Å²) in [5.41, 5.74) is 7.48. The number of nitrogens with two attached hydrogens (primary N) is 1. The highest BCUT2D eigenvalue weighted by Gasteiger charge is 2.19. The van der Waals surface area contributed by atoms with Gasteiger partial charge in [0.1, 0.15) is 11.4 Å². The Bertz CT molecular complexity index is 759. The average Bonchev–Trinajstić information content (AvgIpc) is 2.42. The zero-order valence-corrected chi connectivity index (χ0v) is 14.0. The van der Waals surface area contributed by atoms with Gasteiger partial charge >= 0.3 is 0 Å². The zero-order valence-electron chi connectivity index (χ0n) is 11.6. The number of ether oxygens (including phenoxy) is 1. The molecule has 0 spiro atoms. The molecule has 0 radical (unpaired) electrons. The van der Waals surface area contributed by atoms with E-state index >= 15 is 0 Å². The highest BCUT2D eigenvalue weighted by atomic mass is 79.9. The lowest BCUT2D eigenvalue weighted by Crippen LogP contribution is -2.14. The number of hydrogen-bond acceptors (Lipinski definition) is 4. The van der Waals surface area contributed by atoms with Gasteiger partial charge in [0.2, 0.25) is 0 Å². The molecule has 0 amide bonds. The van der Waals surface area contributed by atoms with Gasteiger partial charge < -0.3 is 10.5 Å². The number of nitrogen functional groups attached to an aromatic ring is 1. The van der Waals surface area contributed by atoms with Crippen LogP contribution in [0.3, 0.4) is 0 Å². The van der Waals surface area contributed by atoms with Crippen LogP contribution in [0.2, 0.25) is 0 Å². The van der Waals surface area contributed by atoms with Gasteiger partial charge in [0.25, 0.3) is 10.0 Å². The molecule has 5 nitrogen and oxygen atoms in total. The van der Waals surface area contributed by atoms with Crippen LogP contribution >= 0.6 is 15.9 Å². The normalized spacial score (nSPS) is 11.2. The lowest BCUT2D eigenvalue weighted by Gasteiger charge is -2.14. The van der Waals surface area contributed by atoms with E-state index in [-0.39, 0.29) is 4.90 Å². The molecule has 0 aliphatic rings. The molecule has 2 rings (SSSR count). The summed E-state index contributed by atoms with van der Waals surface area (Å²) in [5, 5.41) is 0. The van der Waals surface area contributed by atoms with Gasteiger partial charge in [-0.05, 0) is 41.1 Å². The Morgan fingerprint density at radius 1 is 1.19 bits per heavy atom. The van der Waals surface area contributed by atoms with Crippen molar-refractivity contribution < 1.29 is 13.2 Å². The van der Waals surface area contributed by atoms with E-state index in [0.717, 1.165) is 5.56 Å². The number of hydrogen-bond donors (Lipinski definition) is 2.